The van der Waals surface area contributed by atoms with Gasteiger partial charge in [0.25, 0.3) is 5.91 Å². The summed E-state index contributed by atoms with van der Waals surface area (Å²) in [4.78, 5) is 29.3. The number of aliphatic carboxylic acids is 1. The average molecular weight is 511 g/mol. The summed E-state index contributed by atoms with van der Waals surface area (Å²) in [6.45, 7) is 3.66. The Labute approximate surface area is 222 Å². The van der Waals surface area contributed by atoms with Crippen LogP contribution in [0.4, 0.5) is 0 Å². The van der Waals surface area contributed by atoms with E-state index in [2.05, 4.69) is 40.3 Å². The number of nitrogens with one attached hydrogen (secondary N) is 2. The van der Waals surface area contributed by atoms with Gasteiger partial charge in [0.05, 0.1) is 6.07 Å². The molecule has 0 radical (unpaired) electrons. The number of nitrogens with zero attached hydrogens (tertiary/aromatic N) is 2. The molecule has 3 fully saturated rings. The number of hydrogen-bond acceptors (Lipinski definition) is 4. The molecular formula is C31H34N4O3. The summed E-state index contributed by atoms with van der Waals surface area (Å²) in [6.07, 6.45) is 8.64. The van der Waals surface area contributed by atoms with Crippen molar-refractivity contribution in [3.8, 4) is 6.07 Å². The van der Waals surface area contributed by atoms with E-state index in [4.69, 9.17) is 5.11 Å². The Hall–Kier alpha value is -3.63. The smallest absolute Gasteiger partial charge is 0.322 e. The number of hydrogen-bond donors (Lipinski definition) is 3. The number of carboxylic acids is 1. The lowest BCUT2D eigenvalue weighted by atomic mass is 9.56. The molecule has 0 unspecified atom stereocenters. The predicted molar refractivity (Wildman–Crippen MR) is 145 cm³/mol. The third-order valence-corrected chi connectivity index (χ3v) is 9.06. The molecule has 2 heterocycles. The number of aromatic amines is 1. The second-order valence-electron chi connectivity index (χ2n) is 11.7. The summed E-state index contributed by atoms with van der Waals surface area (Å²) < 4.78 is 0. The van der Waals surface area contributed by atoms with Crippen molar-refractivity contribution in [1.29, 1.82) is 5.26 Å². The van der Waals surface area contributed by atoms with Crippen LogP contribution in [0.3, 0.4) is 0 Å². The maximum atomic E-state index is 12.4. The van der Waals surface area contributed by atoms with Crippen LogP contribution in [-0.2, 0) is 11.3 Å². The monoisotopic (exact) mass is 510 g/mol. The van der Waals surface area contributed by atoms with E-state index in [1.165, 1.54) is 46.0 Å². The molecule has 6 rings (SSSR count). The highest BCUT2D eigenvalue weighted by molar-refractivity contribution is 5.95. The van der Waals surface area contributed by atoms with Crippen LogP contribution >= 0.6 is 0 Å². The predicted octanol–water partition coefficient (Wildman–Crippen LogP) is 5.43. The van der Waals surface area contributed by atoms with E-state index in [1.54, 1.807) is 12.1 Å². The van der Waals surface area contributed by atoms with Gasteiger partial charge in [0.1, 0.15) is 6.54 Å². The number of benzene rings is 2. The van der Waals surface area contributed by atoms with Crippen molar-refractivity contribution in [3.63, 3.8) is 0 Å². The van der Waals surface area contributed by atoms with Gasteiger partial charge in [-0.25, -0.2) is 0 Å². The maximum absolute atomic E-state index is 12.4. The van der Waals surface area contributed by atoms with E-state index in [0.717, 1.165) is 38.8 Å². The Morgan fingerprint density at radius 2 is 1.95 bits per heavy atom. The number of fused-ring (bicyclic) bond motifs is 1. The number of carbonyl (C=O) groups excluding carboxylic acids is 1. The van der Waals surface area contributed by atoms with E-state index in [1.807, 2.05) is 18.3 Å². The molecule has 2 aromatic carbocycles. The standard InChI is InChI=1S/C31H34N4O3/c1-19-12-25(21-2-3-21)26(24-8-10-33-29(19)24)18-35-11-9-31(13-20(14-31)16-32)15-27(35)22-4-6-23(7-5-22)30(38)34-17-28(36)37/h4-8,10,12,20-21,27,33H,2-3,9,11,13-15,17-18H2,1H3,(H,34,38)(H,36,37)/t20?,27-,31?/m0/s1. The Bertz CT molecular complexity index is 1420. The maximum Gasteiger partial charge on any atom is 0.322 e. The van der Waals surface area contributed by atoms with Crippen molar-refractivity contribution in [2.45, 2.75) is 64.0 Å². The van der Waals surface area contributed by atoms with E-state index < -0.39 is 12.5 Å². The number of piperidine rings is 1. The molecule has 1 atom stereocenters. The summed E-state index contributed by atoms with van der Waals surface area (Å²) >= 11 is 0. The molecule has 1 aromatic heterocycles. The number of H-pyrrole nitrogens is 1. The summed E-state index contributed by atoms with van der Waals surface area (Å²) in [5.74, 6) is -0.618. The van der Waals surface area contributed by atoms with Gasteiger partial charge >= 0.3 is 5.97 Å². The zero-order valence-electron chi connectivity index (χ0n) is 21.8. The van der Waals surface area contributed by atoms with Gasteiger partial charge < -0.3 is 15.4 Å². The number of aromatic nitrogens is 1. The van der Waals surface area contributed by atoms with Crippen molar-refractivity contribution in [2.24, 2.45) is 11.3 Å². The molecule has 38 heavy (non-hydrogen) atoms. The first kappa shape index (κ1) is 24.7. The largest absolute Gasteiger partial charge is 0.480 e. The van der Waals surface area contributed by atoms with Crippen LogP contribution in [0.1, 0.15) is 83.1 Å². The number of likely N-dealkylation sites (tertiary alicyclic amines) is 1. The summed E-state index contributed by atoms with van der Waals surface area (Å²) in [7, 11) is 0. The van der Waals surface area contributed by atoms with Crippen molar-refractivity contribution >= 4 is 22.8 Å². The molecular weight excluding hydrogens is 476 g/mol. The molecule has 196 valence electrons. The van der Waals surface area contributed by atoms with Crippen LogP contribution in [0.5, 0.6) is 0 Å². The zero-order chi connectivity index (χ0) is 26.4. The normalized spacial score (nSPS) is 25.2. The highest BCUT2D eigenvalue weighted by atomic mass is 16.4. The Morgan fingerprint density at radius 3 is 2.63 bits per heavy atom. The van der Waals surface area contributed by atoms with Gasteiger partial charge in [-0.3, -0.25) is 14.5 Å². The van der Waals surface area contributed by atoms with Crippen LogP contribution in [0, 0.1) is 29.6 Å². The number of rotatable bonds is 7. The number of amides is 1. The number of aryl methyl sites for hydroxylation is 1. The minimum absolute atomic E-state index is 0.167. The van der Waals surface area contributed by atoms with Crippen molar-refractivity contribution in [3.05, 3.63) is 70.4 Å². The number of carbonyl (C=O) groups is 2. The molecule has 3 N–H and O–H groups in total. The Morgan fingerprint density at radius 1 is 1.18 bits per heavy atom. The lowest BCUT2D eigenvalue weighted by Crippen LogP contribution is -2.48. The average Bonchev–Trinajstić information content (AvgIpc) is 3.62. The summed E-state index contributed by atoms with van der Waals surface area (Å²) in [5.41, 5.74) is 7.31. The molecule has 7 nitrogen and oxygen atoms in total. The quantitative estimate of drug-likeness (QED) is 0.393. The lowest BCUT2D eigenvalue weighted by Gasteiger charge is -2.53. The van der Waals surface area contributed by atoms with E-state index in [0.29, 0.717) is 11.5 Å². The second-order valence-corrected chi connectivity index (χ2v) is 11.7. The molecule has 1 amide bonds. The van der Waals surface area contributed by atoms with Gasteiger partial charge in [0, 0.05) is 41.2 Å². The molecule has 2 saturated carbocycles. The van der Waals surface area contributed by atoms with Crippen molar-refractivity contribution in [2.75, 3.05) is 13.1 Å². The lowest BCUT2D eigenvalue weighted by molar-refractivity contribution is -0.135. The second kappa shape index (κ2) is 9.59. The van der Waals surface area contributed by atoms with Crippen LogP contribution in [-0.4, -0.2) is 40.0 Å². The molecule has 7 heteroatoms. The van der Waals surface area contributed by atoms with Crippen LogP contribution < -0.4 is 5.32 Å². The van der Waals surface area contributed by atoms with Gasteiger partial charge in [0.2, 0.25) is 0 Å². The Kier molecular flexibility index (Phi) is 6.23. The van der Waals surface area contributed by atoms with Crippen LogP contribution in [0.2, 0.25) is 0 Å². The first-order chi connectivity index (χ1) is 18.4. The fourth-order valence-corrected chi connectivity index (χ4v) is 6.89. The molecule has 3 aliphatic rings. The van der Waals surface area contributed by atoms with E-state index in [-0.39, 0.29) is 23.3 Å². The van der Waals surface area contributed by atoms with Crippen molar-refractivity contribution in [1.82, 2.24) is 15.2 Å². The molecule has 0 bridgehead atoms. The van der Waals surface area contributed by atoms with E-state index >= 15 is 0 Å². The fourth-order valence-electron chi connectivity index (χ4n) is 6.89. The highest BCUT2D eigenvalue weighted by Crippen LogP contribution is 2.57. The summed E-state index contributed by atoms with van der Waals surface area (Å²) in [6, 6.07) is 14.9. The van der Waals surface area contributed by atoms with Crippen molar-refractivity contribution < 1.29 is 14.7 Å². The van der Waals surface area contributed by atoms with E-state index in [9.17, 15) is 14.9 Å². The van der Waals surface area contributed by atoms with Crippen LogP contribution in [0.25, 0.3) is 10.9 Å². The fraction of sp³-hybridized carbons (Fsp3) is 0.452. The van der Waals surface area contributed by atoms with Gasteiger partial charge in [-0.05, 0) is 104 Å². The topological polar surface area (TPSA) is 109 Å². The first-order valence-corrected chi connectivity index (χ1v) is 13.7. The SMILES string of the molecule is Cc1cc(C2CC2)c(CN2CCC3(CC(C#N)C3)C[C@H]2c2ccc(C(=O)NCC(=O)O)cc2)c2cc[nH]c12. The molecule has 1 spiro atoms. The minimum Gasteiger partial charge on any atom is -0.480 e. The molecule has 3 aromatic rings. The number of nitriles is 1. The van der Waals surface area contributed by atoms with Gasteiger partial charge in [-0.2, -0.15) is 5.26 Å². The van der Waals surface area contributed by atoms with Crippen LogP contribution in [0.15, 0.2) is 42.6 Å². The molecule has 1 aliphatic heterocycles. The van der Waals surface area contributed by atoms with Gasteiger partial charge in [0.15, 0.2) is 0 Å². The zero-order valence-corrected chi connectivity index (χ0v) is 21.8. The third kappa shape index (κ3) is 4.58. The molecule has 1 saturated heterocycles. The Balaban J connectivity index is 1.31. The first-order valence-electron chi connectivity index (χ1n) is 13.7. The number of carboxylic acid groups (broad SMARTS) is 1. The highest BCUT2D eigenvalue weighted by Gasteiger charge is 2.49. The summed E-state index contributed by atoms with van der Waals surface area (Å²) in [5, 5.41) is 22.1. The third-order valence-electron chi connectivity index (χ3n) is 9.06. The minimum atomic E-state index is -1.06. The molecule has 2 aliphatic carbocycles. The van der Waals surface area contributed by atoms with Gasteiger partial charge in [-0.15, -0.1) is 0 Å². The van der Waals surface area contributed by atoms with Gasteiger partial charge in [-0.1, -0.05) is 18.2 Å².